The van der Waals surface area contributed by atoms with Crippen LogP contribution in [-0.2, 0) is 6.42 Å². The third-order valence-electron chi connectivity index (χ3n) is 4.29. The largest absolute Gasteiger partial charge is 0.360 e. The molecule has 4 aromatic rings. The van der Waals surface area contributed by atoms with Crippen LogP contribution in [0.1, 0.15) is 11.3 Å². The molecular formula is C22H20FN5O. The Morgan fingerprint density at radius 3 is 2.45 bits per heavy atom. The van der Waals surface area contributed by atoms with Gasteiger partial charge in [0, 0.05) is 24.2 Å². The van der Waals surface area contributed by atoms with Gasteiger partial charge in [0.25, 0.3) is 0 Å². The zero-order valence-electron chi connectivity index (χ0n) is 15.9. The second-order valence-corrected chi connectivity index (χ2v) is 6.58. The standard InChI is InChI=1S/C22H20FN5O/c1-15-13-21(28-29-15)26-20-14-19(17-5-3-2-4-6-17)25-22(27-20)24-12-11-16-7-9-18(23)10-8-16/h2-10,13-14H,11-12H2,1H3,(H2,24,25,26,27,28). The zero-order valence-corrected chi connectivity index (χ0v) is 15.9. The van der Waals surface area contributed by atoms with E-state index in [4.69, 9.17) is 4.52 Å². The molecule has 0 aliphatic rings. The fraction of sp³-hybridized carbons (Fsp3) is 0.136. The number of nitrogens with zero attached hydrogens (tertiary/aromatic N) is 3. The predicted octanol–water partition coefficient (Wildman–Crippen LogP) is 4.98. The predicted molar refractivity (Wildman–Crippen MR) is 111 cm³/mol. The summed E-state index contributed by atoms with van der Waals surface area (Å²) < 4.78 is 18.2. The first-order chi connectivity index (χ1) is 14.2. The number of rotatable bonds is 7. The number of hydrogen-bond acceptors (Lipinski definition) is 6. The van der Waals surface area contributed by atoms with Gasteiger partial charge in [0.15, 0.2) is 5.82 Å². The Morgan fingerprint density at radius 1 is 0.931 bits per heavy atom. The second-order valence-electron chi connectivity index (χ2n) is 6.58. The molecule has 29 heavy (non-hydrogen) atoms. The van der Waals surface area contributed by atoms with E-state index >= 15 is 0 Å². The summed E-state index contributed by atoms with van der Waals surface area (Å²) in [6.07, 6.45) is 0.727. The maximum Gasteiger partial charge on any atom is 0.225 e. The van der Waals surface area contributed by atoms with Gasteiger partial charge < -0.3 is 15.2 Å². The summed E-state index contributed by atoms with van der Waals surface area (Å²) in [5.74, 6) is 2.16. The highest BCUT2D eigenvalue weighted by Crippen LogP contribution is 2.23. The SMILES string of the molecule is Cc1cc(Nc2cc(-c3ccccc3)nc(NCCc3ccc(F)cc3)n2)no1. The molecule has 0 aliphatic carbocycles. The molecule has 7 heteroatoms. The van der Waals surface area contributed by atoms with Crippen molar-refractivity contribution in [2.45, 2.75) is 13.3 Å². The molecule has 0 bridgehead atoms. The highest BCUT2D eigenvalue weighted by molar-refractivity contribution is 5.66. The molecule has 4 rings (SSSR count). The number of aromatic nitrogens is 3. The van der Waals surface area contributed by atoms with Gasteiger partial charge in [-0.1, -0.05) is 47.6 Å². The van der Waals surface area contributed by atoms with E-state index in [2.05, 4.69) is 25.8 Å². The summed E-state index contributed by atoms with van der Waals surface area (Å²) in [7, 11) is 0. The topological polar surface area (TPSA) is 75.9 Å². The lowest BCUT2D eigenvalue weighted by Crippen LogP contribution is -2.09. The van der Waals surface area contributed by atoms with E-state index < -0.39 is 0 Å². The van der Waals surface area contributed by atoms with Gasteiger partial charge >= 0.3 is 0 Å². The molecular weight excluding hydrogens is 369 g/mol. The first-order valence-corrected chi connectivity index (χ1v) is 9.29. The van der Waals surface area contributed by atoms with E-state index in [-0.39, 0.29) is 5.82 Å². The molecule has 0 unspecified atom stereocenters. The molecule has 6 nitrogen and oxygen atoms in total. The fourth-order valence-corrected chi connectivity index (χ4v) is 2.87. The summed E-state index contributed by atoms with van der Waals surface area (Å²) in [5.41, 5.74) is 2.80. The van der Waals surface area contributed by atoms with Crippen molar-refractivity contribution in [3.8, 4) is 11.3 Å². The smallest absolute Gasteiger partial charge is 0.225 e. The number of halogens is 1. The van der Waals surface area contributed by atoms with Gasteiger partial charge in [-0.15, -0.1) is 0 Å². The summed E-state index contributed by atoms with van der Waals surface area (Å²) in [6, 6.07) is 20.0. The van der Waals surface area contributed by atoms with Gasteiger partial charge in [0.05, 0.1) is 5.69 Å². The maximum atomic E-state index is 13.0. The Labute approximate surface area is 167 Å². The number of aryl methyl sites for hydroxylation is 1. The highest BCUT2D eigenvalue weighted by atomic mass is 19.1. The fourth-order valence-electron chi connectivity index (χ4n) is 2.87. The van der Waals surface area contributed by atoms with E-state index in [1.807, 2.05) is 43.3 Å². The second kappa shape index (κ2) is 8.52. The lowest BCUT2D eigenvalue weighted by Gasteiger charge is -2.10. The van der Waals surface area contributed by atoms with Crippen LogP contribution in [-0.4, -0.2) is 21.7 Å². The Balaban J connectivity index is 1.54. The number of nitrogens with one attached hydrogen (secondary N) is 2. The minimum Gasteiger partial charge on any atom is -0.360 e. The lowest BCUT2D eigenvalue weighted by molar-refractivity contribution is 0.400. The Morgan fingerprint density at radius 2 is 1.72 bits per heavy atom. The van der Waals surface area contributed by atoms with Gasteiger partial charge in [-0.2, -0.15) is 4.98 Å². The normalized spacial score (nSPS) is 10.7. The molecule has 0 atom stereocenters. The number of anilines is 3. The van der Waals surface area contributed by atoms with Crippen molar-refractivity contribution in [2.24, 2.45) is 0 Å². The maximum absolute atomic E-state index is 13.0. The minimum absolute atomic E-state index is 0.237. The van der Waals surface area contributed by atoms with Crippen LogP contribution < -0.4 is 10.6 Å². The van der Waals surface area contributed by atoms with Crippen molar-refractivity contribution in [1.82, 2.24) is 15.1 Å². The Hall–Kier alpha value is -3.74. The van der Waals surface area contributed by atoms with Gasteiger partial charge in [-0.25, -0.2) is 9.37 Å². The molecule has 0 amide bonds. The quantitative estimate of drug-likeness (QED) is 0.464. The molecule has 2 aromatic heterocycles. The summed E-state index contributed by atoms with van der Waals surface area (Å²) >= 11 is 0. The molecule has 146 valence electrons. The first-order valence-electron chi connectivity index (χ1n) is 9.29. The molecule has 0 radical (unpaired) electrons. The number of benzene rings is 2. The van der Waals surface area contributed by atoms with Crippen molar-refractivity contribution in [2.75, 3.05) is 17.2 Å². The van der Waals surface area contributed by atoms with Crippen molar-refractivity contribution >= 4 is 17.6 Å². The van der Waals surface area contributed by atoms with E-state index in [0.29, 0.717) is 29.9 Å². The van der Waals surface area contributed by atoms with Crippen LogP contribution in [0.2, 0.25) is 0 Å². The van der Waals surface area contributed by atoms with Crippen molar-refractivity contribution in [1.29, 1.82) is 0 Å². The molecule has 0 saturated heterocycles. The molecule has 2 N–H and O–H groups in total. The van der Waals surface area contributed by atoms with E-state index in [0.717, 1.165) is 23.2 Å². The number of hydrogen-bond donors (Lipinski definition) is 2. The Bertz CT molecular complexity index is 1080. The van der Waals surface area contributed by atoms with E-state index in [1.165, 1.54) is 12.1 Å². The van der Waals surface area contributed by atoms with Crippen LogP contribution in [0.3, 0.4) is 0 Å². The molecule has 0 spiro atoms. The van der Waals surface area contributed by atoms with Gasteiger partial charge in [-0.05, 0) is 31.0 Å². The van der Waals surface area contributed by atoms with Gasteiger partial charge in [-0.3, -0.25) is 0 Å². The van der Waals surface area contributed by atoms with Crippen LogP contribution in [0.25, 0.3) is 11.3 Å². The monoisotopic (exact) mass is 389 g/mol. The van der Waals surface area contributed by atoms with E-state index in [1.54, 1.807) is 18.2 Å². The van der Waals surface area contributed by atoms with Crippen molar-refractivity contribution in [3.05, 3.63) is 83.9 Å². The summed E-state index contributed by atoms with van der Waals surface area (Å²) in [5, 5.41) is 10.4. The minimum atomic E-state index is -0.237. The average molecular weight is 389 g/mol. The van der Waals surface area contributed by atoms with Crippen molar-refractivity contribution in [3.63, 3.8) is 0 Å². The third-order valence-corrected chi connectivity index (χ3v) is 4.29. The third kappa shape index (κ3) is 4.95. The first kappa shape index (κ1) is 18.6. The van der Waals surface area contributed by atoms with Crippen LogP contribution in [0, 0.1) is 12.7 Å². The van der Waals surface area contributed by atoms with Crippen LogP contribution in [0.15, 0.2) is 71.3 Å². The molecule has 0 fully saturated rings. The van der Waals surface area contributed by atoms with Gasteiger partial charge in [0.1, 0.15) is 17.4 Å². The summed E-state index contributed by atoms with van der Waals surface area (Å²) in [4.78, 5) is 9.16. The van der Waals surface area contributed by atoms with E-state index in [9.17, 15) is 4.39 Å². The molecule has 0 saturated carbocycles. The average Bonchev–Trinajstić information content (AvgIpc) is 3.14. The Kier molecular flexibility index (Phi) is 5.47. The summed E-state index contributed by atoms with van der Waals surface area (Å²) in [6.45, 7) is 2.45. The van der Waals surface area contributed by atoms with Crippen LogP contribution >= 0.6 is 0 Å². The molecule has 0 aliphatic heterocycles. The highest BCUT2D eigenvalue weighted by Gasteiger charge is 2.09. The van der Waals surface area contributed by atoms with Crippen molar-refractivity contribution < 1.29 is 8.91 Å². The molecule has 2 heterocycles. The lowest BCUT2D eigenvalue weighted by atomic mass is 10.1. The molecule has 2 aromatic carbocycles. The van der Waals surface area contributed by atoms with Gasteiger partial charge in [0.2, 0.25) is 5.95 Å². The zero-order chi connectivity index (χ0) is 20.1. The van der Waals surface area contributed by atoms with Crippen LogP contribution in [0.5, 0.6) is 0 Å². The van der Waals surface area contributed by atoms with Crippen LogP contribution in [0.4, 0.5) is 22.0 Å².